The highest BCUT2D eigenvalue weighted by molar-refractivity contribution is 9.10. The van der Waals surface area contributed by atoms with Crippen molar-refractivity contribution in [2.24, 2.45) is 0 Å². The van der Waals surface area contributed by atoms with Gasteiger partial charge in [0, 0.05) is 16.1 Å². The van der Waals surface area contributed by atoms with E-state index in [0.717, 1.165) is 38.7 Å². The number of thiazole rings is 1. The number of carbonyl (C=O) groups excluding carboxylic acids is 1. The van der Waals surface area contributed by atoms with Crippen molar-refractivity contribution in [2.75, 3.05) is 5.32 Å². The second-order valence-corrected chi connectivity index (χ2v) is 8.85. The summed E-state index contributed by atoms with van der Waals surface area (Å²) in [7, 11) is 0. The number of nitrogens with one attached hydrogen (secondary N) is 1. The molecule has 156 valence electrons. The third kappa shape index (κ3) is 4.89. The van der Waals surface area contributed by atoms with Gasteiger partial charge in [0.2, 0.25) is 5.91 Å². The first-order valence-electron chi connectivity index (χ1n) is 9.47. The van der Waals surface area contributed by atoms with Gasteiger partial charge in [-0.3, -0.25) is 4.79 Å². The molecule has 4 rings (SSSR count). The molecule has 0 aliphatic carbocycles. The molecule has 0 aliphatic rings. The van der Waals surface area contributed by atoms with Gasteiger partial charge in [-0.2, -0.15) is 0 Å². The Hall–Kier alpha value is -2.90. The first-order valence-corrected chi connectivity index (χ1v) is 11.1. The fourth-order valence-corrected chi connectivity index (χ4v) is 4.70. The fraction of sp³-hybridized carbons (Fsp3) is 0.0833. The van der Waals surface area contributed by atoms with E-state index in [4.69, 9.17) is 4.98 Å². The average Bonchev–Trinajstić information content (AvgIpc) is 3.15. The topological polar surface area (TPSA) is 42.0 Å². The normalized spacial score (nSPS) is 10.8. The van der Waals surface area contributed by atoms with Crippen LogP contribution in [-0.2, 0) is 11.2 Å². The number of aromatic nitrogens is 1. The summed E-state index contributed by atoms with van der Waals surface area (Å²) in [6.07, 6.45) is -0.0458. The summed E-state index contributed by atoms with van der Waals surface area (Å²) in [6.45, 7) is 2.01. The minimum absolute atomic E-state index is 0.0458. The maximum Gasteiger partial charge on any atom is 0.230 e. The number of anilines is 1. The number of benzene rings is 3. The molecule has 0 radical (unpaired) electrons. The minimum Gasteiger partial charge on any atom is -0.322 e. The molecule has 31 heavy (non-hydrogen) atoms. The third-order valence-electron chi connectivity index (χ3n) is 4.63. The summed E-state index contributed by atoms with van der Waals surface area (Å²) in [6, 6.07) is 19.6. The number of nitrogens with zero attached hydrogens (tertiary/aromatic N) is 1. The number of amides is 1. The highest BCUT2D eigenvalue weighted by Gasteiger charge is 2.19. The number of carbonyl (C=O) groups is 1. The maximum absolute atomic E-state index is 14.1. The van der Waals surface area contributed by atoms with E-state index >= 15 is 0 Å². The second-order valence-electron chi connectivity index (χ2n) is 7.00. The van der Waals surface area contributed by atoms with Gasteiger partial charge in [-0.05, 0) is 34.5 Å². The van der Waals surface area contributed by atoms with E-state index < -0.39 is 17.5 Å². The van der Waals surface area contributed by atoms with Gasteiger partial charge in [0.25, 0.3) is 0 Å². The van der Waals surface area contributed by atoms with Crippen LogP contribution in [0.2, 0.25) is 0 Å². The molecule has 0 unspecified atom stereocenters. The molecular formula is C24H17BrF2N2OS. The lowest BCUT2D eigenvalue weighted by atomic mass is 10.1. The summed E-state index contributed by atoms with van der Waals surface area (Å²) in [5.41, 5.74) is 3.56. The monoisotopic (exact) mass is 498 g/mol. The van der Waals surface area contributed by atoms with Crippen LogP contribution < -0.4 is 5.32 Å². The molecule has 1 heterocycles. The van der Waals surface area contributed by atoms with Crippen molar-refractivity contribution < 1.29 is 13.6 Å². The molecule has 1 aromatic heterocycles. The molecule has 0 bridgehead atoms. The quantitative estimate of drug-likeness (QED) is 0.321. The lowest BCUT2D eigenvalue weighted by molar-refractivity contribution is -0.115. The molecule has 3 nitrogen and oxygen atoms in total. The molecule has 1 N–H and O–H groups in total. The lowest BCUT2D eigenvalue weighted by Gasteiger charge is -2.09. The SMILES string of the molecule is Cc1ccc(-c2sc(-c3ccccc3)nc2CC(=O)Nc2c(F)cc(F)cc2Br)cc1. The first kappa shape index (κ1) is 21.3. The Morgan fingerprint density at radius 1 is 1.03 bits per heavy atom. The maximum atomic E-state index is 14.1. The molecule has 0 aliphatic heterocycles. The predicted octanol–water partition coefficient (Wildman–Crippen LogP) is 7.01. The van der Waals surface area contributed by atoms with Crippen molar-refractivity contribution in [3.63, 3.8) is 0 Å². The summed E-state index contributed by atoms with van der Waals surface area (Å²) in [4.78, 5) is 18.3. The van der Waals surface area contributed by atoms with E-state index in [0.29, 0.717) is 5.69 Å². The molecule has 4 aromatic rings. The molecule has 0 fully saturated rings. The number of rotatable bonds is 5. The third-order valence-corrected chi connectivity index (χ3v) is 6.45. The average molecular weight is 499 g/mol. The smallest absolute Gasteiger partial charge is 0.230 e. The van der Waals surface area contributed by atoms with Crippen molar-refractivity contribution in [2.45, 2.75) is 13.3 Å². The second kappa shape index (κ2) is 9.08. The van der Waals surface area contributed by atoms with Gasteiger partial charge in [0.15, 0.2) is 5.82 Å². The van der Waals surface area contributed by atoms with Gasteiger partial charge in [0.05, 0.1) is 22.7 Å². The minimum atomic E-state index is -0.845. The van der Waals surface area contributed by atoms with E-state index in [-0.39, 0.29) is 16.6 Å². The van der Waals surface area contributed by atoms with Crippen LogP contribution in [0.5, 0.6) is 0 Å². The molecule has 0 saturated heterocycles. The zero-order valence-corrected chi connectivity index (χ0v) is 18.9. The van der Waals surface area contributed by atoms with Gasteiger partial charge in [-0.15, -0.1) is 11.3 Å². The van der Waals surface area contributed by atoms with Crippen molar-refractivity contribution in [3.05, 3.63) is 94.1 Å². The molecule has 3 aromatic carbocycles. The Labute approximate surface area is 190 Å². The van der Waals surface area contributed by atoms with Crippen molar-refractivity contribution in [1.82, 2.24) is 4.98 Å². The summed E-state index contributed by atoms with van der Waals surface area (Å²) in [5.74, 6) is -2.01. The van der Waals surface area contributed by atoms with Crippen molar-refractivity contribution in [3.8, 4) is 21.0 Å². The van der Waals surface area contributed by atoms with E-state index in [9.17, 15) is 13.6 Å². The zero-order chi connectivity index (χ0) is 22.0. The highest BCUT2D eigenvalue weighted by Crippen LogP contribution is 2.36. The molecular weight excluding hydrogens is 482 g/mol. The highest BCUT2D eigenvalue weighted by atomic mass is 79.9. The van der Waals surface area contributed by atoms with Gasteiger partial charge in [0.1, 0.15) is 10.8 Å². The number of halogens is 3. The van der Waals surface area contributed by atoms with Gasteiger partial charge in [-0.25, -0.2) is 13.8 Å². The molecule has 1 amide bonds. The number of hydrogen-bond acceptors (Lipinski definition) is 3. The fourth-order valence-electron chi connectivity index (χ4n) is 3.10. The first-order chi connectivity index (χ1) is 14.9. The van der Waals surface area contributed by atoms with Gasteiger partial charge in [-0.1, -0.05) is 60.2 Å². The van der Waals surface area contributed by atoms with E-state index in [1.54, 1.807) is 0 Å². The van der Waals surface area contributed by atoms with E-state index in [1.807, 2.05) is 61.5 Å². The molecule has 0 atom stereocenters. The van der Waals surface area contributed by atoms with Crippen molar-refractivity contribution in [1.29, 1.82) is 0 Å². The largest absolute Gasteiger partial charge is 0.322 e. The van der Waals surface area contributed by atoms with Crippen LogP contribution in [0.1, 0.15) is 11.3 Å². The Bertz CT molecular complexity index is 1220. The number of aryl methyl sites for hydroxylation is 1. The van der Waals surface area contributed by atoms with Crippen LogP contribution in [0, 0.1) is 18.6 Å². The van der Waals surface area contributed by atoms with Crippen LogP contribution in [-0.4, -0.2) is 10.9 Å². The van der Waals surface area contributed by atoms with Crippen LogP contribution in [0.4, 0.5) is 14.5 Å². The van der Waals surface area contributed by atoms with Gasteiger partial charge < -0.3 is 5.32 Å². The standard InChI is InChI=1S/C24H17BrF2N2OS/c1-14-7-9-15(10-8-14)23-20(28-24(31-23)16-5-3-2-4-6-16)13-21(30)29-22-18(25)11-17(26)12-19(22)27/h2-12H,13H2,1H3,(H,29,30). The Morgan fingerprint density at radius 2 is 1.74 bits per heavy atom. The summed E-state index contributed by atoms with van der Waals surface area (Å²) >= 11 is 4.60. The Balaban J connectivity index is 1.67. The van der Waals surface area contributed by atoms with Gasteiger partial charge >= 0.3 is 0 Å². The van der Waals surface area contributed by atoms with E-state index in [2.05, 4.69) is 21.2 Å². The summed E-state index contributed by atoms with van der Waals surface area (Å²) < 4.78 is 27.6. The lowest BCUT2D eigenvalue weighted by Crippen LogP contribution is -2.16. The number of hydrogen-bond donors (Lipinski definition) is 1. The van der Waals surface area contributed by atoms with Crippen molar-refractivity contribution >= 4 is 38.9 Å². The Morgan fingerprint density at radius 3 is 2.42 bits per heavy atom. The zero-order valence-electron chi connectivity index (χ0n) is 16.5. The molecule has 0 saturated carbocycles. The summed E-state index contributed by atoms with van der Waals surface area (Å²) in [5, 5.41) is 3.33. The molecule has 7 heteroatoms. The van der Waals surface area contributed by atoms with Crippen LogP contribution in [0.15, 0.2) is 71.2 Å². The predicted molar refractivity (Wildman–Crippen MR) is 124 cm³/mol. The Kier molecular flexibility index (Phi) is 6.25. The van der Waals surface area contributed by atoms with Crippen LogP contribution in [0.25, 0.3) is 21.0 Å². The van der Waals surface area contributed by atoms with Crippen LogP contribution >= 0.6 is 27.3 Å². The molecule has 0 spiro atoms. The van der Waals surface area contributed by atoms with E-state index in [1.165, 1.54) is 11.3 Å². The van der Waals surface area contributed by atoms with Crippen LogP contribution in [0.3, 0.4) is 0 Å².